The molecule has 0 bridgehead atoms. The Bertz CT molecular complexity index is 1110. The van der Waals surface area contributed by atoms with Gasteiger partial charge in [-0.05, 0) is 49.2 Å². The van der Waals surface area contributed by atoms with Crippen molar-refractivity contribution < 1.29 is 9.21 Å². The molecule has 6 heteroatoms. The molecule has 1 fully saturated rings. The van der Waals surface area contributed by atoms with Gasteiger partial charge in [-0.1, -0.05) is 18.2 Å². The summed E-state index contributed by atoms with van der Waals surface area (Å²) >= 11 is 0. The van der Waals surface area contributed by atoms with Crippen LogP contribution in [0.2, 0.25) is 0 Å². The number of carbonyl (C=O) groups excluding carboxylic acids is 1. The van der Waals surface area contributed by atoms with Crippen LogP contribution in [0.15, 0.2) is 65.2 Å². The van der Waals surface area contributed by atoms with E-state index in [-0.39, 0.29) is 11.8 Å². The summed E-state index contributed by atoms with van der Waals surface area (Å²) < 4.78 is 5.85. The number of nitrogens with one attached hydrogen (secondary N) is 1. The molecule has 0 aliphatic carbocycles. The number of amides is 1. The Kier molecular flexibility index (Phi) is 4.16. The largest absolute Gasteiger partial charge is 0.423 e. The van der Waals surface area contributed by atoms with Gasteiger partial charge in [0.1, 0.15) is 5.52 Å². The van der Waals surface area contributed by atoms with Gasteiger partial charge in [-0.3, -0.25) is 9.78 Å². The molecule has 5 rings (SSSR count). The highest BCUT2D eigenvalue weighted by Gasteiger charge is 2.27. The standard InChI is InChI=1S/C22H20N4O2/c27-21(24-18-8-3-7-17-16(18)5-4-12-23-17)15-10-13-26(14-11-15)22-25-19-6-1-2-9-20(19)28-22/h1-9,12,15H,10-11,13-14H2,(H,24,27). The molecular formula is C22H20N4O2. The highest BCUT2D eigenvalue weighted by Crippen LogP contribution is 2.28. The van der Waals surface area contributed by atoms with Crippen LogP contribution in [0.3, 0.4) is 0 Å². The van der Waals surface area contributed by atoms with E-state index in [0.717, 1.165) is 53.6 Å². The SMILES string of the molecule is O=C(Nc1cccc2ncccc12)C1CCN(c2nc3ccccc3o2)CC1. The predicted molar refractivity (Wildman–Crippen MR) is 109 cm³/mol. The minimum Gasteiger partial charge on any atom is -0.423 e. The average molecular weight is 372 g/mol. The third-order valence-electron chi connectivity index (χ3n) is 5.32. The number of anilines is 2. The molecule has 1 aliphatic rings. The summed E-state index contributed by atoms with van der Waals surface area (Å²) in [5.41, 5.74) is 3.35. The summed E-state index contributed by atoms with van der Waals surface area (Å²) in [6, 6.07) is 18.1. The van der Waals surface area contributed by atoms with E-state index >= 15 is 0 Å². The van der Waals surface area contributed by atoms with Crippen LogP contribution in [-0.4, -0.2) is 29.0 Å². The molecule has 1 N–H and O–H groups in total. The maximum atomic E-state index is 12.8. The Morgan fingerprint density at radius 3 is 2.68 bits per heavy atom. The molecule has 0 atom stereocenters. The molecule has 6 nitrogen and oxygen atoms in total. The number of para-hydroxylation sites is 2. The van der Waals surface area contributed by atoms with Crippen molar-refractivity contribution in [1.29, 1.82) is 0 Å². The lowest BCUT2D eigenvalue weighted by Crippen LogP contribution is -2.38. The van der Waals surface area contributed by atoms with Gasteiger partial charge in [0, 0.05) is 30.6 Å². The van der Waals surface area contributed by atoms with Gasteiger partial charge in [0.25, 0.3) is 6.01 Å². The molecule has 28 heavy (non-hydrogen) atoms. The van der Waals surface area contributed by atoms with E-state index < -0.39 is 0 Å². The third-order valence-corrected chi connectivity index (χ3v) is 5.32. The number of aromatic nitrogens is 2. The van der Waals surface area contributed by atoms with Gasteiger partial charge in [0.15, 0.2) is 5.58 Å². The highest BCUT2D eigenvalue weighted by molar-refractivity contribution is 6.01. The van der Waals surface area contributed by atoms with Crippen LogP contribution >= 0.6 is 0 Å². The number of piperidine rings is 1. The van der Waals surface area contributed by atoms with Crippen LogP contribution < -0.4 is 10.2 Å². The fraction of sp³-hybridized carbons (Fsp3) is 0.227. The van der Waals surface area contributed by atoms with E-state index in [9.17, 15) is 4.79 Å². The van der Waals surface area contributed by atoms with Crippen LogP contribution in [0.1, 0.15) is 12.8 Å². The average Bonchev–Trinajstić information content (AvgIpc) is 3.18. The van der Waals surface area contributed by atoms with E-state index in [4.69, 9.17) is 4.42 Å². The number of rotatable bonds is 3. The highest BCUT2D eigenvalue weighted by atomic mass is 16.4. The van der Waals surface area contributed by atoms with Gasteiger partial charge in [-0.15, -0.1) is 0 Å². The number of hydrogen-bond donors (Lipinski definition) is 1. The van der Waals surface area contributed by atoms with Gasteiger partial charge in [-0.25, -0.2) is 0 Å². The van der Waals surface area contributed by atoms with Crippen molar-refractivity contribution in [2.75, 3.05) is 23.3 Å². The van der Waals surface area contributed by atoms with Crippen LogP contribution in [0.4, 0.5) is 11.7 Å². The fourth-order valence-corrected chi connectivity index (χ4v) is 3.78. The van der Waals surface area contributed by atoms with Gasteiger partial charge in [-0.2, -0.15) is 4.98 Å². The molecular weight excluding hydrogens is 352 g/mol. The first kappa shape index (κ1) is 16.7. The molecule has 0 saturated carbocycles. The summed E-state index contributed by atoms with van der Waals surface area (Å²) in [7, 11) is 0. The second-order valence-electron chi connectivity index (χ2n) is 7.09. The van der Waals surface area contributed by atoms with Gasteiger partial charge in [0.05, 0.1) is 11.2 Å². The summed E-state index contributed by atoms with van der Waals surface area (Å²) in [5.74, 6) is 0.0427. The quantitative estimate of drug-likeness (QED) is 0.583. The van der Waals surface area contributed by atoms with Crippen molar-refractivity contribution in [3.8, 4) is 0 Å². The van der Waals surface area contributed by atoms with Crippen molar-refractivity contribution in [1.82, 2.24) is 9.97 Å². The van der Waals surface area contributed by atoms with Crippen LogP contribution in [0.5, 0.6) is 0 Å². The van der Waals surface area contributed by atoms with Gasteiger partial charge >= 0.3 is 0 Å². The van der Waals surface area contributed by atoms with Gasteiger partial charge < -0.3 is 14.6 Å². The Labute approximate surface area is 162 Å². The Morgan fingerprint density at radius 1 is 1.00 bits per heavy atom. The Balaban J connectivity index is 1.26. The first-order valence-electron chi connectivity index (χ1n) is 9.53. The zero-order valence-electron chi connectivity index (χ0n) is 15.3. The number of pyridine rings is 1. The number of carbonyl (C=O) groups is 1. The molecule has 1 saturated heterocycles. The molecule has 0 spiro atoms. The summed E-state index contributed by atoms with van der Waals surface area (Å²) in [6.45, 7) is 1.50. The van der Waals surface area contributed by atoms with Crippen molar-refractivity contribution >= 4 is 39.6 Å². The summed E-state index contributed by atoms with van der Waals surface area (Å²) in [6.07, 6.45) is 3.30. The molecule has 140 valence electrons. The van der Waals surface area contributed by atoms with E-state index in [1.807, 2.05) is 54.6 Å². The van der Waals surface area contributed by atoms with Crippen molar-refractivity contribution in [2.24, 2.45) is 5.92 Å². The molecule has 2 aromatic carbocycles. The number of benzene rings is 2. The summed E-state index contributed by atoms with van der Waals surface area (Å²) in [5, 5.41) is 4.05. The lowest BCUT2D eigenvalue weighted by atomic mass is 9.96. The lowest BCUT2D eigenvalue weighted by molar-refractivity contribution is -0.120. The fourth-order valence-electron chi connectivity index (χ4n) is 3.78. The van der Waals surface area contributed by atoms with E-state index in [1.54, 1.807) is 6.20 Å². The normalized spacial score (nSPS) is 15.2. The molecule has 1 amide bonds. The Morgan fingerprint density at radius 2 is 1.82 bits per heavy atom. The molecule has 0 radical (unpaired) electrons. The maximum absolute atomic E-state index is 12.8. The monoisotopic (exact) mass is 372 g/mol. The zero-order chi connectivity index (χ0) is 18.9. The molecule has 4 aromatic rings. The molecule has 2 aromatic heterocycles. The lowest BCUT2D eigenvalue weighted by Gasteiger charge is -2.30. The molecule has 3 heterocycles. The number of hydrogen-bond acceptors (Lipinski definition) is 5. The maximum Gasteiger partial charge on any atom is 0.298 e. The molecule has 0 unspecified atom stereocenters. The van der Waals surface area contributed by atoms with Crippen LogP contribution in [0.25, 0.3) is 22.0 Å². The van der Waals surface area contributed by atoms with Crippen LogP contribution in [-0.2, 0) is 4.79 Å². The van der Waals surface area contributed by atoms with Crippen molar-refractivity contribution in [3.05, 3.63) is 60.8 Å². The van der Waals surface area contributed by atoms with Crippen molar-refractivity contribution in [2.45, 2.75) is 12.8 Å². The smallest absolute Gasteiger partial charge is 0.298 e. The topological polar surface area (TPSA) is 71.3 Å². The minimum absolute atomic E-state index is 0.0208. The first-order valence-corrected chi connectivity index (χ1v) is 9.53. The van der Waals surface area contributed by atoms with Crippen molar-refractivity contribution in [3.63, 3.8) is 0 Å². The second kappa shape index (κ2) is 6.96. The Hall–Kier alpha value is -3.41. The number of nitrogens with zero attached hydrogens (tertiary/aromatic N) is 3. The minimum atomic E-state index is -0.0208. The first-order chi connectivity index (χ1) is 13.8. The zero-order valence-corrected chi connectivity index (χ0v) is 15.3. The second-order valence-corrected chi connectivity index (χ2v) is 7.09. The number of oxazole rings is 1. The van der Waals surface area contributed by atoms with E-state index in [0.29, 0.717) is 6.01 Å². The van der Waals surface area contributed by atoms with E-state index in [1.165, 1.54) is 0 Å². The number of fused-ring (bicyclic) bond motifs is 2. The predicted octanol–water partition coefficient (Wildman–Crippen LogP) is 4.23. The molecule has 1 aliphatic heterocycles. The van der Waals surface area contributed by atoms with Gasteiger partial charge in [0.2, 0.25) is 5.91 Å². The van der Waals surface area contributed by atoms with Crippen LogP contribution in [0, 0.1) is 5.92 Å². The summed E-state index contributed by atoms with van der Waals surface area (Å²) in [4.78, 5) is 23.8. The third kappa shape index (κ3) is 3.07. The van der Waals surface area contributed by atoms with E-state index in [2.05, 4.69) is 20.2 Å².